The Balaban J connectivity index is 1.29. The van der Waals surface area contributed by atoms with Gasteiger partial charge in [0, 0.05) is 44.9 Å². The number of hydrogen-bond donors (Lipinski definition) is 0. The molecule has 0 fully saturated rings. The molecule has 0 atom stereocenters. The largest absolute Gasteiger partial charge is 0.457 e. The standard InChI is InChI=1S/C61H61BN2O/c1-35-18-13-15-22-47(35)63-48-25-24-41-40-21-14-16-23-53(40)65-57(41)56(48)62-46-31-43-45(61(11,12)34-60(43,9)10)33-50(46)64(49-32-44-42(28-38(49)4)58(5,6)26-27-59(44,7)8)52-30-39(29-51(63)55(52)62)54-36(2)19-17-20-37(54)3/h13-25,28-33H,26-27,34H2,1-12H3. The molecule has 12 rings (SSSR count). The second-order valence-electron chi connectivity index (χ2n) is 22.9. The highest BCUT2D eigenvalue weighted by molar-refractivity contribution is 7.01. The molecular formula is C61H61BN2O. The normalized spacial score (nSPS) is 18.1. The van der Waals surface area contributed by atoms with E-state index in [9.17, 15) is 0 Å². The highest BCUT2D eigenvalue weighted by Crippen LogP contribution is 2.55. The van der Waals surface area contributed by atoms with E-state index in [4.69, 9.17) is 4.42 Å². The van der Waals surface area contributed by atoms with Crippen molar-refractivity contribution in [3.8, 4) is 11.1 Å². The summed E-state index contributed by atoms with van der Waals surface area (Å²) in [7, 11) is 0. The van der Waals surface area contributed by atoms with Crippen LogP contribution < -0.4 is 26.2 Å². The van der Waals surface area contributed by atoms with Crippen LogP contribution in [0.1, 0.15) is 119 Å². The smallest absolute Gasteiger partial charge is 0.257 e. The second kappa shape index (κ2) is 13.3. The number of furan rings is 1. The number of rotatable bonds is 3. The molecule has 324 valence electrons. The van der Waals surface area contributed by atoms with E-state index in [0.717, 1.165) is 29.4 Å². The van der Waals surface area contributed by atoms with Crippen LogP contribution in [-0.2, 0) is 21.7 Å². The van der Waals surface area contributed by atoms with E-state index in [-0.39, 0.29) is 28.4 Å². The van der Waals surface area contributed by atoms with Gasteiger partial charge in [0.2, 0.25) is 0 Å². The number of aryl methyl sites for hydroxylation is 4. The fraction of sp³-hybridized carbons (Fsp3) is 0.311. The third-order valence-electron chi connectivity index (χ3n) is 16.6. The van der Waals surface area contributed by atoms with Crippen LogP contribution in [0.3, 0.4) is 0 Å². The molecule has 4 heteroatoms. The first-order valence-electron chi connectivity index (χ1n) is 24.1. The van der Waals surface area contributed by atoms with E-state index in [1.807, 2.05) is 0 Å². The van der Waals surface area contributed by atoms with Gasteiger partial charge >= 0.3 is 0 Å². The van der Waals surface area contributed by atoms with Gasteiger partial charge in [0.05, 0.1) is 0 Å². The summed E-state index contributed by atoms with van der Waals surface area (Å²) in [6.45, 7) is 28.8. The summed E-state index contributed by atoms with van der Waals surface area (Å²) in [5, 5.41) is 2.33. The molecule has 4 aliphatic rings. The van der Waals surface area contributed by atoms with E-state index < -0.39 is 0 Å². The fourth-order valence-corrected chi connectivity index (χ4v) is 13.4. The predicted molar refractivity (Wildman–Crippen MR) is 278 cm³/mol. The van der Waals surface area contributed by atoms with Gasteiger partial charge in [-0.05, 0) is 189 Å². The average molecular weight is 849 g/mol. The second-order valence-corrected chi connectivity index (χ2v) is 22.9. The van der Waals surface area contributed by atoms with Crippen LogP contribution in [0, 0.1) is 27.7 Å². The van der Waals surface area contributed by atoms with Crippen molar-refractivity contribution in [3.05, 3.63) is 160 Å². The monoisotopic (exact) mass is 848 g/mol. The number of anilines is 6. The SMILES string of the molecule is Cc1cc2c(cc1N1c3cc4c(cc3B3c5c1cc(-c1c(C)cccc1C)cc5N(c1ccccc1C)c1ccc5c(oc6ccccc65)c13)C(C)(C)CC4(C)C)C(C)(C)CCC2(C)C. The zero-order valence-electron chi connectivity index (χ0n) is 40.5. The fourth-order valence-electron chi connectivity index (χ4n) is 13.4. The highest BCUT2D eigenvalue weighted by atomic mass is 16.3. The van der Waals surface area contributed by atoms with E-state index >= 15 is 0 Å². The molecule has 0 amide bonds. The quantitative estimate of drug-likeness (QED) is 0.165. The van der Waals surface area contributed by atoms with Crippen LogP contribution >= 0.6 is 0 Å². The lowest BCUT2D eigenvalue weighted by molar-refractivity contribution is 0.332. The van der Waals surface area contributed by atoms with E-state index in [1.165, 1.54) is 118 Å². The van der Waals surface area contributed by atoms with E-state index in [2.05, 4.69) is 208 Å². The average Bonchev–Trinajstić information content (AvgIpc) is 3.72. The Morgan fingerprint density at radius 1 is 0.446 bits per heavy atom. The molecule has 8 aromatic rings. The van der Waals surface area contributed by atoms with Gasteiger partial charge in [-0.2, -0.15) is 0 Å². The van der Waals surface area contributed by atoms with Gasteiger partial charge in [0.25, 0.3) is 6.71 Å². The summed E-state index contributed by atoms with van der Waals surface area (Å²) in [6.07, 6.45) is 3.45. The molecule has 0 bridgehead atoms. The zero-order chi connectivity index (χ0) is 45.3. The van der Waals surface area contributed by atoms with Crippen molar-refractivity contribution < 1.29 is 4.42 Å². The molecule has 0 saturated heterocycles. The van der Waals surface area contributed by atoms with E-state index in [0.29, 0.717) is 0 Å². The summed E-state index contributed by atoms with van der Waals surface area (Å²) >= 11 is 0. The van der Waals surface area contributed by atoms with Gasteiger partial charge in [0.15, 0.2) is 0 Å². The summed E-state index contributed by atoms with van der Waals surface area (Å²) in [5.74, 6) is 0. The first kappa shape index (κ1) is 40.5. The molecule has 1 aromatic heterocycles. The van der Waals surface area contributed by atoms with Crippen molar-refractivity contribution in [2.24, 2.45) is 0 Å². The molecule has 3 heterocycles. The Labute approximate surface area is 386 Å². The Morgan fingerprint density at radius 3 is 1.71 bits per heavy atom. The predicted octanol–water partition coefficient (Wildman–Crippen LogP) is 14.9. The van der Waals surface area contributed by atoms with Crippen molar-refractivity contribution in [1.29, 1.82) is 0 Å². The molecule has 3 nitrogen and oxygen atoms in total. The third kappa shape index (κ3) is 5.61. The Bertz CT molecular complexity index is 3360. The highest BCUT2D eigenvalue weighted by Gasteiger charge is 2.50. The molecule has 0 unspecified atom stereocenters. The lowest BCUT2D eigenvalue weighted by Crippen LogP contribution is -2.61. The van der Waals surface area contributed by atoms with Gasteiger partial charge in [-0.25, -0.2) is 0 Å². The number of fused-ring (bicyclic) bond motifs is 10. The van der Waals surface area contributed by atoms with Crippen LogP contribution in [-0.4, -0.2) is 6.71 Å². The van der Waals surface area contributed by atoms with Crippen molar-refractivity contribution in [2.45, 2.75) is 124 Å². The molecule has 0 N–H and O–H groups in total. The first-order chi connectivity index (χ1) is 30.9. The van der Waals surface area contributed by atoms with Gasteiger partial charge < -0.3 is 14.2 Å². The van der Waals surface area contributed by atoms with Crippen LogP contribution in [0.4, 0.5) is 34.1 Å². The Morgan fingerprint density at radius 2 is 1.02 bits per heavy atom. The molecule has 0 saturated carbocycles. The summed E-state index contributed by atoms with van der Waals surface area (Å²) in [5.41, 5.74) is 27.1. The number of para-hydroxylation sites is 2. The van der Waals surface area contributed by atoms with E-state index in [1.54, 1.807) is 0 Å². The van der Waals surface area contributed by atoms with Crippen LogP contribution in [0.5, 0.6) is 0 Å². The van der Waals surface area contributed by atoms with Gasteiger partial charge in [-0.15, -0.1) is 0 Å². The minimum Gasteiger partial charge on any atom is -0.457 e. The van der Waals surface area contributed by atoms with Crippen molar-refractivity contribution in [1.82, 2.24) is 0 Å². The van der Waals surface area contributed by atoms with Crippen LogP contribution in [0.2, 0.25) is 0 Å². The molecule has 2 aliphatic heterocycles. The zero-order valence-corrected chi connectivity index (χ0v) is 40.5. The molecule has 65 heavy (non-hydrogen) atoms. The van der Waals surface area contributed by atoms with Crippen LogP contribution in [0.15, 0.2) is 120 Å². The summed E-state index contributed by atoms with van der Waals surface area (Å²) < 4.78 is 7.18. The maximum Gasteiger partial charge on any atom is 0.257 e. The summed E-state index contributed by atoms with van der Waals surface area (Å²) in [6, 6.07) is 44.5. The molecule has 7 aromatic carbocycles. The molecular weight excluding hydrogens is 787 g/mol. The lowest BCUT2D eigenvalue weighted by Gasteiger charge is -2.46. The lowest BCUT2D eigenvalue weighted by atomic mass is 9.33. The van der Waals surface area contributed by atoms with Gasteiger partial charge in [-0.3, -0.25) is 0 Å². The first-order valence-corrected chi connectivity index (χ1v) is 24.1. The minimum absolute atomic E-state index is 0.0140. The maximum absolute atomic E-state index is 7.18. The number of nitrogens with zero attached hydrogens (tertiary/aromatic N) is 2. The molecule has 2 aliphatic carbocycles. The van der Waals surface area contributed by atoms with Crippen molar-refractivity contribution >= 4 is 79.2 Å². The van der Waals surface area contributed by atoms with Crippen molar-refractivity contribution in [2.75, 3.05) is 9.80 Å². The third-order valence-corrected chi connectivity index (χ3v) is 16.6. The van der Waals surface area contributed by atoms with Gasteiger partial charge in [0.1, 0.15) is 11.2 Å². The summed E-state index contributed by atoms with van der Waals surface area (Å²) in [4.78, 5) is 5.30. The maximum atomic E-state index is 7.18. The van der Waals surface area contributed by atoms with Gasteiger partial charge in [-0.1, -0.05) is 122 Å². The van der Waals surface area contributed by atoms with Crippen LogP contribution in [0.25, 0.3) is 33.1 Å². The minimum atomic E-state index is -0.0871. The Hall–Kier alpha value is -6.00. The molecule has 0 spiro atoms. The Kier molecular flexibility index (Phi) is 8.29. The molecule has 0 radical (unpaired) electrons. The number of benzene rings is 7. The topological polar surface area (TPSA) is 19.6 Å². The van der Waals surface area contributed by atoms with Crippen molar-refractivity contribution in [3.63, 3.8) is 0 Å². The number of hydrogen-bond acceptors (Lipinski definition) is 3.